The number of fused-ring (bicyclic) bond motifs is 3. The lowest BCUT2D eigenvalue weighted by Crippen LogP contribution is -2.33. The molecule has 1 fully saturated rings. The van der Waals surface area contributed by atoms with Gasteiger partial charge in [-0.05, 0) is 48.2 Å². The third-order valence-corrected chi connectivity index (χ3v) is 9.07. The third-order valence-electron chi connectivity index (χ3n) is 9.07. The van der Waals surface area contributed by atoms with Crippen LogP contribution in [0.25, 0.3) is 11.1 Å². The number of alkyl carbamates (subject to hydrolysis) is 1. The summed E-state index contributed by atoms with van der Waals surface area (Å²) in [6, 6.07) is 16.5. The van der Waals surface area contributed by atoms with Crippen molar-refractivity contribution >= 4 is 6.09 Å². The number of carbonyl (C=O) groups is 1. The van der Waals surface area contributed by atoms with Gasteiger partial charge in [0.2, 0.25) is 0 Å². The van der Waals surface area contributed by atoms with Crippen molar-refractivity contribution in [1.29, 1.82) is 0 Å². The predicted molar refractivity (Wildman–Crippen MR) is 213 cm³/mol. The normalized spacial score (nSPS) is 14.2. The number of piperidine rings is 1. The van der Waals surface area contributed by atoms with Crippen LogP contribution in [0.2, 0.25) is 0 Å². The van der Waals surface area contributed by atoms with Crippen molar-refractivity contribution in [2.45, 2.75) is 24.9 Å². The molecule has 0 bridgehead atoms. The molecule has 1 aliphatic heterocycles. The van der Waals surface area contributed by atoms with Gasteiger partial charge >= 0.3 is 6.09 Å². The van der Waals surface area contributed by atoms with Gasteiger partial charge in [-0.3, -0.25) is 0 Å². The van der Waals surface area contributed by atoms with Gasteiger partial charge in [0.05, 0.1) is 145 Å². The van der Waals surface area contributed by atoms with Gasteiger partial charge in [0.25, 0.3) is 0 Å². The molecule has 0 aromatic heterocycles. The minimum absolute atomic E-state index is 0.0369. The maximum Gasteiger partial charge on any atom is 0.407 e. The molecule has 1 saturated heterocycles. The molecule has 0 radical (unpaired) electrons. The van der Waals surface area contributed by atoms with Crippen molar-refractivity contribution in [3.05, 3.63) is 59.7 Å². The van der Waals surface area contributed by atoms with E-state index in [-0.39, 0.29) is 12.5 Å². The Hall–Kier alpha value is -2.77. The molecule has 0 saturated carbocycles. The van der Waals surface area contributed by atoms with Crippen LogP contribution in [0.5, 0.6) is 0 Å². The summed E-state index contributed by atoms with van der Waals surface area (Å²) in [5.74, 6) is 0.0369. The van der Waals surface area contributed by atoms with Crippen LogP contribution in [0.15, 0.2) is 48.5 Å². The number of amides is 1. The van der Waals surface area contributed by atoms with Gasteiger partial charge in [-0.2, -0.15) is 0 Å². The van der Waals surface area contributed by atoms with Crippen molar-refractivity contribution in [2.24, 2.45) is 0 Å². The minimum atomic E-state index is -0.451. The summed E-state index contributed by atoms with van der Waals surface area (Å²) in [4.78, 5) is 12.3. The maximum atomic E-state index is 12.3. The van der Waals surface area contributed by atoms with Crippen LogP contribution < -0.4 is 10.6 Å². The third kappa shape index (κ3) is 21.2. The average molecular weight is 807 g/mol. The Kier molecular flexibility index (Phi) is 26.4. The van der Waals surface area contributed by atoms with E-state index < -0.39 is 6.09 Å². The van der Waals surface area contributed by atoms with Crippen LogP contribution in [-0.2, 0) is 56.8 Å². The SMILES string of the molecule is O=C(NCCOCCOCCOCCOCCOCCOCCOCCOCCOCCOCCOC1CCNCC1)OCC1c2ccccc2-c2ccccc21. The van der Waals surface area contributed by atoms with E-state index in [1.165, 1.54) is 22.3 Å². The van der Waals surface area contributed by atoms with Crippen molar-refractivity contribution in [3.63, 3.8) is 0 Å². The highest BCUT2D eigenvalue weighted by molar-refractivity contribution is 5.79. The summed E-state index contributed by atoms with van der Waals surface area (Å²) in [5, 5.41) is 6.08. The Balaban J connectivity index is 0.773. The Bertz CT molecular complexity index is 1240. The summed E-state index contributed by atoms with van der Waals surface area (Å²) in [7, 11) is 0. The van der Waals surface area contributed by atoms with E-state index in [1.54, 1.807) is 0 Å². The molecule has 2 aliphatic rings. The van der Waals surface area contributed by atoms with E-state index >= 15 is 0 Å². The molecule has 0 unspecified atom stereocenters. The fraction of sp³-hybridized carbons (Fsp3) is 0.690. The first-order valence-electron chi connectivity index (χ1n) is 20.5. The zero-order chi connectivity index (χ0) is 39.7. The molecule has 15 heteroatoms. The first-order chi connectivity index (χ1) is 28.3. The molecule has 1 aliphatic carbocycles. The summed E-state index contributed by atoms with van der Waals surface area (Å²) >= 11 is 0. The highest BCUT2D eigenvalue weighted by Crippen LogP contribution is 2.44. The van der Waals surface area contributed by atoms with Crippen LogP contribution in [0.3, 0.4) is 0 Å². The summed E-state index contributed by atoms with van der Waals surface area (Å²) in [6.07, 6.45) is 2.07. The second kappa shape index (κ2) is 32.1. The van der Waals surface area contributed by atoms with Crippen LogP contribution in [-0.4, -0.2) is 177 Å². The minimum Gasteiger partial charge on any atom is -0.449 e. The molecule has 0 spiro atoms. The summed E-state index contributed by atoms with van der Waals surface area (Å²) in [6.45, 7) is 13.3. The van der Waals surface area contributed by atoms with Gasteiger partial charge in [0.15, 0.2) is 0 Å². The Morgan fingerprint density at radius 2 is 0.842 bits per heavy atom. The summed E-state index contributed by atoms with van der Waals surface area (Å²) in [5.41, 5.74) is 4.78. The molecular weight excluding hydrogens is 740 g/mol. The van der Waals surface area contributed by atoms with Gasteiger partial charge in [0, 0.05) is 12.5 Å². The lowest BCUT2D eigenvalue weighted by atomic mass is 9.98. The highest BCUT2D eigenvalue weighted by atomic mass is 16.6. The lowest BCUT2D eigenvalue weighted by Gasteiger charge is -2.22. The number of hydrogen-bond acceptors (Lipinski definition) is 14. The largest absolute Gasteiger partial charge is 0.449 e. The predicted octanol–water partition coefficient (Wildman–Crippen LogP) is 3.46. The number of hydrogen-bond donors (Lipinski definition) is 2. The fourth-order valence-corrected chi connectivity index (χ4v) is 6.19. The van der Waals surface area contributed by atoms with Crippen molar-refractivity contribution in [1.82, 2.24) is 10.6 Å². The molecular formula is C42H66N2O13. The zero-order valence-electron chi connectivity index (χ0n) is 33.7. The van der Waals surface area contributed by atoms with E-state index in [0.717, 1.165) is 25.9 Å². The molecule has 1 amide bonds. The fourth-order valence-electron chi connectivity index (χ4n) is 6.19. The maximum absolute atomic E-state index is 12.3. The van der Waals surface area contributed by atoms with E-state index in [1.807, 2.05) is 24.3 Å². The van der Waals surface area contributed by atoms with Gasteiger partial charge in [0.1, 0.15) is 6.61 Å². The van der Waals surface area contributed by atoms with Crippen molar-refractivity contribution in [2.75, 3.05) is 165 Å². The van der Waals surface area contributed by atoms with Crippen molar-refractivity contribution in [3.8, 4) is 11.1 Å². The number of carbonyl (C=O) groups excluding carboxylic acids is 1. The Morgan fingerprint density at radius 1 is 0.491 bits per heavy atom. The van der Waals surface area contributed by atoms with Gasteiger partial charge in [-0.1, -0.05) is 48.5 Å². The van der Waals surface area contributed by atoms with Gasteiger partial charge in [-0.15, -0.1) is 0 Å². The van der Waals surface area contributed by atoms with Crippen LogP contribution in [0.4, 0.5) is 4.79 Å². The number of nitrogens with one attached hydrogen (secondary N) is 2. The molecule has 322 valence electrons. The molecule has 0 atom stereocenters. The summed E-state index contributed by atoms with van der Waals surface area (Å²) < 4.78 is 66.5. The standard InChI is InChI=1S/C42H66N2O13/c45-42(57-35-41-39-7-3-1-5-37(39)38-6-2-4-8-40(38)41)44-13-14-46-15-16-47-17-18-48-19-20-49-21-22-50-23-24-51-25-26-52-27-28-53-29-30-54-31-32-55-33-34-56-36-9-11-43-12-10-36/h1-8,36,41,43H,9-35H2,(H,44,45). The Labute approximate surface area is 338 Å². The van der Waals surface area contributed by atoms with E-state index in [0.29, 0.717) is 151 Å². The molecule has 15 nitrogen and oxygen atoms in total. The highest BCUT2D eigenvalue weighted by Gasteiger charge is 2.29. The van der Waals surface area contributed by atoms with Crippen LogP contribution >= 0.6 is 0 Å². The van der Waals surface area contributed by atoms with Crippen molar-refractivity contribution < 1.29 is 61.6 Å². The smallest absolute Gasteiger partial charge is 0.407 e. The first kappa shape index (κ1) is 46.9. The van der Waals surface area contributed by atoms with Crippen LogP contribution in [0.1, 0.15) is 29.9 Å². The lowest BCUT2D eigenvalue weighted by molar-refractivity contribution is -0.0324. The topological polar surface area (TPSA) is 152 Å². The van der Waals surface area contributed by atoms with Crippen LogP contribution in [0, 0.1) is 0 Å². The van der Waals surface area contributed by atoms with E-state index in [4.69, 9.17) is 56.8 Å². The number of rotatable bonds is 36. The quantitative estimate of drug-likeness (QED) is 0.0968. The second-order valence-corrected chi connectivity index (χ2v) is 13.2. The monoisotopic (exact) mass is 806 g/mol. The molecule has 57 heavy (non-hydrogen) atoms. The van der Waals surface area contributed by atoms with E-state index in [9.17, 15) is 4.79 Å². The molecule has 2 aromatic carbocycles. The zero-order valence-corrected chi connectivity index (χ0v) is 33.7. The van der Waals surface area contributed by atoms with E-state index in [2.05, 4.69) is 34.9 Å². The average Bonchev–Trinajstić information content (AvgIpc) is 3.56. The number of benzene rings is 2. The second-order valence-electron chi connectivity index (χ2n) is 13.2. The first-order valence-corrected chi connectivity index (χ1v) is 20.5. The molecule has 1 heterocycles. The molecule has 2 N–H and O–H groups in total. The van der Waals surface area contributed by atoms with Gasteiger partial charge in [-0.25, -0.2) is 4.79 Å². The van der Waals surface area contributed by atoms with Gasteiger partial charge < -0.3 is 67.5 Å². The molecule has 4 rings (SSSR count). The number of ether oxygens (including phenoxy) is 12. The Morgan fingerprint density at radius 3 is 1.25 bits per heavy atom. The molecule has 2 aromatic rings.